The fourth-order valence-corrected chi connectivity index (χ4v) is 3.60. The van der Waals surface area contributed by atoms with E-state index in [0.717, 1.165) is 0 Å². The van der Waals surface area contributed by atoms with Crippen LogP contribution in [0.2, 0.25) is 10.1 Å². The van der Waals surface area contributed by atoms with Crippen molar-refractivity contribution < 1.29 is 9.59 Å². The predicted octanol–water partition coefficient (Wildman–Crippen LogP) is -0.109. The molecule has 5 heteroatoms. The van der Waals surface area contributed by atoms with Crippen molar-refractivity contribution in [3.05, 3.63) is 0 Å². The van der Waals surface area contributed by atoms with E-state index in [0.29, 0.717) is 0 Å². The fourth-order valence-electron chi connectivity index (χ4n) is 1.20. The Morgan fingerprint density at radius 3 is 1.31 bits per heavy atom. The van der Waals surface area contributed by atoms with Crippen molar-refractivity contribution in [2.45, 2.75) is 37.8 Å². The molecule has 0 heterocycles. The van der Waals surface area contributed by atoms with Crippen molar-refractivity contribution in [2.24, 2.45) is 11.5 Å². The molecule has 0 aromatic rings. The quantitative estimate of drug-likeness (QED) is 0.483. The summed E-state index contributed by atoms with van der Waals surface area (Å²) in [6, 6.07) is 0. The van der Waals surface area contributed by atoms with Gasteiger partial charge >= 0.3 is 8.56 Å². The lowest BCUT2D eigenvalue weighted by Gasteiger charge is -2.44. The Kier molecular flexibility index (Phi) is 3.68. The van der Waals surface area contributed by atoms with Gasteiger partial charge in [0.05, 0.1) is 0 Å². The molecule has 0 aliphatic heterocycles. The molecular formula is C8H22N2O2Si. The van der Waals surface area contributed by atoms with Crippen LogP contribution in [0.1, 0.15) is 27.7 Å². The Morgan fingerprint density at radius 1 is 0.923 bits per heavy atom. The van der Waals surface area contributed by atoms with Crippen LogP contribution in [0, 0.1) is 0 Å². The van der Waals surface area contributed by atoms with Gasteiger partial charge in [0.2, 0.25) is 0 Å². The van der Waals surface area contributed by atoms with Crippen LogP contribution in [0.15, 0.2) is 0 Å². The molecule has 0 aromatic carbocycles. The Hall–Kier alpha value is 0.0569. The van der Waals surface area contributed by atoms with Crippen LogP contribution in [0.4, 0.5) is 0 Å². The highest BCUT2D eigenvalue weighted by atomic mass is 28.4. The van der Waals surface area contributed by atoms with Crippen molar-refractivity contribution >= 4 is 8.56 Å². The topological polar surface area (TPSA) is 92.5 Å². The normalized spacial score (nSPS) is 14.8. The number of hydrogen-bond acceptors (Lipinski definition) is 4. The molecule has 0 saturated carbocycles. The van der Waals surface area contributed by atoms with E-state index in [9.17, 15) is 9.59 Å². The van der Waals surface area contributed by atoms with Gasteiger partial charge in [-0.05, 0) is 13.1 Å². The minimum atomic E-state index is -3.41. The second-order valence-corrected chi connectivity index (χ2v) is 8.90. The average Bonchev–Trinajstić information content (AvgIpc) is 2.03. The third-order valence-corrected chi connectivity index (χ3v) is 7.09. The van der Waals surface area contributed by atoms with Crippen molar-refractivity contribution in [1.29, 1.82) is 0 Å². The summed E-state index contributed by atoms with van der Waals surface area (Å²) < 4.78 is 0. The lowest BCUT2D eigenvalue weighted by Crippen LogP contribution is -2.59. The van der Waals surface area contributed by atoms with Crippen molar-refractivity contribution in [1.82, 2.24) is 0 Å². The predicted molar refractivity (Wildman–Crippen MR) is 56.4 cm³/mol. The largest absolute Gasteiger partial charge is 0.410 e. The maximum atomic E-state index is 10.1. The highest BCUT2D eigenvalue weighted by molar-refractivity contribution is 6.71. The van der Waals surface area contributed by atoms with Crippen LogP contribution in [-0.2, 0) is 0 Å². The average molecular weight is 206 g/mol. The molecule has 0 bridgehead atoms. The highest BCUT2D eigenvalue weighted by Gasteiger charge is 2.56. The number of nitrogens with two attached hydrogens (primary N) is 2. The summed E-state index contributed by atoms with van der Waals surface area (Å²) in [7, 11) is -3.41. The summed E-state index contributed by atoms with van der Waals surface area (Å²) in [4.78, 5) is 20.2. The van der Waals surface area contributed by atoms with Crippen molar-refractivity contribution in [3.8, 4) is 0 Å². The fraction of sp³-hybridized carbons (Fsp3) is 1.00. The number of rotatable bonds is 4. The molecule has 0 unspecified atom stereocenters. The van der Waals surface area contributed by atoms with E-state index in [1.807, 2.05) is 0 Å². The Balaban J connectivity index is 4.95. The summed E-state index contributed by atoms with van der Waals surface area (Å²) in [6.07, 6.45) is 0. The first-order chi connectivity index (χ1) is 5.62. The first-order valence-corrected chi connectivity index (χ1v) is 6.37. The summed E-state index contributed by atoms with van der Waals surface area (Å²) >= 11 is 0. The maximum absolute atomic E-state index is 10.1. The smallest absolute Gasteiger partial charge is 0.347 e. The summed E-state index contributed by atoms with van der Waals surface area (Å²) in [6.45, 7) is 7.62. The lowest BCUT2D eigenvalue weighted by molar-refractivity contribution is 0.263. The third-order valence-electron chi connectivity index (χ3n) is 2.91. The molecule has 0 amide bonds. The molecule has 0 aromatic heterocycles. The van der Waals surface area contributed by atoms with E-state index in [2.05, 4.69) is 0 Å². The monoisotopic (exact) mass is 206 g/mol. The molecule has 0 spiro atoms. The van der Waals surface area contributed by atoms with Gasteiger partial charge in [-0.1, -0.05) is 27.7 Å². The van der Waals surface area contributed by atoms with Crippen LogP contribution >= 0.6 is 0 Å². The van der Waals surface area contributed by atoms with E-state index in [1.54, 1.807) is 27.7 Å². The molecule has 0 radical (unpaired) electrons. The first kappa shape index (κ1) is 13.1. The van der Waals surface area contributed by atoms with Crippen molar-refractivity contribution in [3.63, 3.8) is 0 Å². The summed E-state index contributed by atoms with van der Waals surface area (Å²) in [5.74, 6) is 0. The zero-order valence-electron chi connectivity index (χ0n) is 8.96. The minimum Gasteiger partial charge on any atom is -0.410 e. The van der Waals surface area contributed by atoms with Gasteiger partial charge in [0.25, 0.3) is 0 Å². The second kappa shape index (κ2) is 3.66. The molecule has 13 heavy (non-hydrogen) atoms. The van der Waals surface area contributed by atoms with Gasteiger partial charge in [-0.15, -0.1) is 0 Å². The molecule has 4 nitrogen and oxygen atoms in total. The van der Waals surface area contributed by atoms with E-state index in [-0.39, 0.29) is 13.1 Å². The number of hydrogen-bond donors (Lipinski definition) is 4. The standard InChI is InChI=1S/C8H22N2O2Si/c1-7(2,5-9)13(11,12)8(3,4)6-10/h11-12H,5-6,9-10H2,1-4H3. The van der Waals surface area contributed by atoms with Gasteiger partial charge in [0, 0.05) is 10.1 Å². The van der Waals surface area contributed by atoms with Crippen LogP contribution in [0.5, 0.6) is 0 Å². The molecule has 0 fully saturated rings. The van der Waals surface area contributed by atoms with Crippen molar-refractivity contribution in [2.75, 3.05) is 13.1 Å². The summed E-state index contributed by atoms with van der Waals surface area (Å²) in [5.41, 5.74) is 11.0. The zero-order valence-corrected chi connectivity index (χ0v) is 9.96. The molecule has 0 rings (SSSR count). The molecule has 0 atom stereocenters. The molecule has 80 valence electrons. The highest BCUT2D eigenvalue weighted by Crippen LogP contribution is 2.46. The molecule has 0 aliphatic rings. The van der Waals surface area contributed by atoms with Gasteiger partial charge in [0.15, 0.2) is 0 Å². The van der Waals surface area contributed by atoms with Gasteiger partial charge in [0.1, 0.15) is 0 Å². The molecule has 6 N–H and O–H groups in total. The van der Waals surface area contributed by atoms with E-state index in [4.69, 9.17) is 11.5 Å². The van der Waals surface area contributed by atoms with Gasteiger partial charge < -0.3 is 21.1 Å². The van der Waals surface area contributed by atoms with E-state index in [1.165, 1.54) is 0 Å². The Morgan fingerprint density at radius 2 is 1.15 bits per heavy atom. The van der Waals surface area contributed by atoms with Crippen LogP contribution in [0.25, 0.3) is 0 Å². The van der Waals surface area contributed by atoms with Crippen LogP contribution in [0.3, 0.4) is 0 Å². The third kappa shape index (κ3) is 2.11. The molecular weight excluding hydrogens is 184 g/mol. The second-order valence-electron chi connectivity index (χ2n) is 4.85. The van der Waals surface area contributed by atoms with Gasteiger partial charge in [-0.25, -0.2) is 0 Å². The lowest BCUT2D eigenvalue weighted by atomic mass is 10.2. The zero-order chi connectivity index (χ0) is 10.9. The summed E-state index contributed by atoms with van der Waals surface area (Å²) in [5, 5.41) is -1.26. The maximum Gasteiger partial charge on any atom is 0.347 e. The molecule has 0 saturated heterocycles. The minimum absolute atomic E-state index is 0.260. The van der Waals surface area contributed by atoms with Crippen LogP contribution < -0.4 is 11.5 Å². The Labute approximate surface area is 81.2 Å². The van der Waals surface area contributed by atoms with Gasteiger partial charge in [-0.3, -0.25) is 0 Å². The SMILES string of the molecule is CC(C)(CN)[Si](O)(O)C(C)(C)CN. The van der Waals surface area contributed by atoms with Gasteiger partial charge in [-0.2, -0.15) is 0 Å². The van der Waals surface area contributed by atoms with E-state index < -0.39 is 18.6 Å². The Bertz CT molecular complexity index is 163. The van der Waals surface area contributed by atoms with E-state index >= 15 is 0 Å². The van der Waals surface area contributed by atoms with Crippen LogP contribution in [-0.4, -0.2) is 31.2 Å². The first-order valence-electron chi connectivity index (χ1n) is 4.47. The molecule has 0 aliphatic carbocycles.